The van der Waals surface area contributed by atoms with Crippen LogP contribution in [0, 0.1) is 6.92 Å². The fourth-order valence-corrected chi connectivity index (χ4v) is 5.67. The van der Waals surface area contributed by atoms with Crippen LogP contribution in [0.15, 0.2) is 30.3 Å². The van der Waals surface area contributed by atoms with E-state index in [0.29, 0.717) is 18.7 Å². The Morgan fingerprint density at radius 2 is 1.69 bits per heavy atom. The van der Waals surface area contributed by atoms with E-state index in [9.17, 15) is 14.7 Å². The highest BCUT2D eigenvalue weighted by atomic mass is 16.4. The van der Waals surface area contributed by atoms with Gasteiger partial charge in [0.15, 0.2) is 0 Å². The van der Waals surface area contributed by atoms with Crippen molar-refractivity contribution in [2.24, 2.45) is 5.84 Å². The predicted molar refractivity (Wildman–Crippen MR) is 144 cm³/mol. The van der Waals surface area contributed by atoms with Gasteiger partial charge in [-0.2, -0.15) is 0 Å². The van der Waals surface area contributed by atoms with E-state index in [-0.39, 0.29) is 18.2 Å². The van der Waals surface area contributed by atoms with Crippen LogP contribution in [0.2, 0.25) is 0 Å². The summed E-state index contributed by atoms with van der Waals surface area (Å²) in [5.74, 6) is 5.41. The number of nitrogens with two attached hydrogens (primary N) is 2. The summed E-state index contributed by atoms with van der Waals surface area (Å²) in [5, 5.41) is 11.5. The van der Waals surface area contributed by atoms with Crippen molar-refractivity contribution in [3.63, 3.8) is 0 Å². The van der Waals surface area contributed by atoms with Crippen molar-refractivity contribution >= 4 is 23.3 Å². The van der Waals surface area contributed by atoms with Gasteiger partial charge in [-0.05, 0) is 60.1 Å². The number of amides is 1. The number of nitrogen functional groups attached to an aromatic ring is 1. The van der Waals surface area contributed by atoms with E-state index in [4.69, 9.17) is 11.6 Å². The number of carbonyl (C=O) groups excluding carboxylic acids is 1. The summed E-state index contributed by atoms with van der Waals surface area (Å²) >= 11 is 0. The molecule has 1 unspecified atom stereocenters. The van der Waals surface area contributed by atoms with Gasteiger partial charge in [0.1, 0.15) is 0 Å². The Balaban J connectivity index is 1.71. The highest BCUT2D eigenvalue weighted by Gasteiger charge is 2.26. The Hall–Kier alpha value is -3.06. The second-order valence-electron chi connectivity index (χ2n) is 10.4. The van der Waals surface area contributed by atoms with Crippen LogP contribution in [0.1, 0.15) is 91.5 Å². The number of benzene rings is 2. The van der Waals surface area contributed by atoms with E-state index in [1.165, 1.54) is 12.0 Å². The smallest absolute Gasteiger partial charge is 0.304 e. The maximum Gasteiger partial charge on any atom is 0.304 e. The fourth-order valence-electron chi connectivity index (χ4n) is 5.67. The Bertz CT molecular complexity index is 1100. The molecule has 0 spiro atoms. The van der Waals surface area contributed by atoms with Gasteiger partial charge >= 0.3 is 5.97 Å². The highest BCUT2D eigenvalue weighted by Crippen LogP contribution is 2.37. The van der Waals surface area contributed by atoms with E-state index >= 15 is 0 Å². The zero-order chi connectivity index (χ0) is 25.7. The molecule has 0 aromatic heterocycles. The number of hydrogen-bond acceptors (Lipinski definition) is 5. The number of nitrogens with zero attached hydrogens (tertiary/aromatic N) is 2. The van der Waals surface area contributed by atoms with Crippen LogP contribution in [0.5, 0.6) is 0 Å². The molecule has 1 atom stereocenters. The number of carbonyl (C=O) groups is 2. The molecule has 0 saturated carbocycles. The minimum atomic E-state index is -0.859. The van der Waals surface area contributed by atoms with Gasteiger partial charge in [-0.25, -0.2) is 5.84 Å². The van der Waals surface area contributed by atoms with Gasteiger partial charge in [0.25, 0.3) is 0 Å². The molecule has 5 N–H and O–H groups in total. The normalized spacial score (nSPS) is 19.8. The van der Waals surface area contributed by atoms with E-state index in [0.717, 1.165) is 86.0 Å². The predicted octanol–water partition coefficient (Wildman–Crippen LogP) is 4.88. The molecule has 2 aromatic carbocycles. The molecule has 0 fully saturated rings. The number of hydrogen-bond donors (Lipinski definition) is 3. The van der Waals surface area contributed by atoms with Crippen LogP contribution in [0.25, 0.3) is 0 Å². The lowest BCUT2D eigenvalue weighted by atomic mass is 9.83. The summed E-state index contributed by atoms with van der Waals surface area (Å²) in [5.41, 5.74) is 13.0. The monoisotopic (exact) mass is 492 g/mol. The number of anilines is 2. The topological polar surface area (TPSA) is 113 Å². The molecule has 0 radical (unpaired) electrons. The lowest BCUT2D eigenvalue weighted by Crippen LogP contribution is -2.35. The zero-order valence-corrected chi connectivity index (χ0v) is 21.5. The number of rotatable bonds is 2. The number of hydrazine groups is 1. The number of aliphatic carboxylic acids is 1. The highest BCUT2D eigenvalue weighted by molar-refractivity contribution is 5.77. The molecule has 3 heterocycles. The van der Waals surface area contributed by atoms with Crippen LogP contribution in [-0.2, 0) is 22.6 Å². The molecule has 7 nitrogen and oxygen atoms in total. The van der Waals surface area contributed by atoms with Gasteiger partial charge in [-0.15, -0.1) is 0 Å². The average molecular weight is 493 g/mol. The molecule has 7 heteroatoms. The average Bonchev–Trinajstić information content (AvgIpc) is 2.86. The van der Waals surface area contributed by atoms with Crippen molar-refractivity contribution < 1.29 is 14.7 Å². The first-order chi connectivity index (χ1) is 17.3. The minimum absolute atomic E-state index is 0.0343. The second-order valence-corrected chi connectivity index (χ2v) is 10.4. The van der Waals surface area contributed by atoms with Gasteiger partial charge in [0.05, 0.1) is 17.8 Å². The second kappa shape index (κ2) is 11.8. The maximum atomic E-state index is 12.9. The lowest BCUT2D eigenvalue weighted by Gasteiger charge is -2.30. The molecule has 5 bridgehead atoms. The molecule has 1 amide bonds. The van der Waals surface area contributed by atoms with Crippen molar-refractivity contribution in [3.8, 4) is 0 Å². The zero-order valence-electron chi connectivity index (χ0n) is 21.5. The van der Waals surface area contributed by atoms with Crippen LogP contribution >= 0.6 is 0 Å². The van der Waals surface area contributed by atoms with E-state index in [2.05, 4.69) is 12.1 Å². The lowest BCUT2D eigenvalue weighted by molar-refractivity contribution is -0.137. The molecule has 3 aliphatic heterocycles. The molecule has 3 aliphatic rings. The Morgan fingerprint density at radius 1 is 0.972 bits per heavy atom. The third-order valence-corrected chi connectivity index (χ3v) is 7.88. The number of carboxylic acids is 1. The summed E-state index contributed by atoms with van der Waals surface area (Å²) in [4.78, 5) is 26.8. The standard InChI is InChI=1S/C29H40N4O3/c1-20-24-12-13-26(29(20)30)33(31)15-8-6-4-2-3-5-7-9-27(34)32-16-14-21-10-11-22(17-23(21)19-32)25(24)18-28(35)36/h10-13,17,25H,2-9,14-16,18-19,30-31H2,1H3,(H,35,36). The Morgan fingerprint density at radius 3 is 2.44 bits per heavy atom. The first-order valence-electron chi connectivity index (χ1n) is 13.4. The van der Waals surface area contributed by atoms with Crippen molar-refractivity contribution in [2.45, 2.75) is 83.6 Å². The third kappa shape index (κ3) is 6.01. The van der Waals surface area contributed by atoms with Crippen molar-refractivity contribution in [1.82, 2.24) is 4.90 Å². The van der Waals surface area contributed by atoms with Gasteiger partial charge in [-0.3, -0.25) is 9.59 Å². The summed E-state index contributed by atoms with van der Waals surface area (Å²) in [6.45, 7) is 4.00. The first kappa shape index (κ1) is 26.0. The van der Waals surface area contributed by atoms with E-state index < -0.39 is 5.97 Å². The van der Waals surface area contributed by atoms with Crippen LogP contribution in [-0.4, -0.2) is 35.0 Å². The number of fused-ring (bicyclic) bond motifs is 12. The molecule has 5 rings (SSSR count). The van der Waals surface area contributed by atoms with Gasteiger partial charge in [0, 0.05) is 32.0 Å². The van der Waals surface area contributed by atoms with Crippen LogP contribution in [0.3, 0.4) is 0 Å². The summed E-state index contributed by atoms with van der Waals surface area (Å²) < 4.78 is 0. The quantitative estimate of drug-likeness (QED) is 0.407. The van der Waals surface area contributed by atoms with Gasteiger partial charge in [-0.1, -0.05) is 56.4 Å². The Kier molecular flexibility index (Phi) is 8.52. The van der Waals surface area contributed by atoms with E-state index in [1.807, 2.05) is 30.0 Å². The first-order valence-corrected chi connectivity index (χ1v) is 13.4. The molecule has 2 aromatic rings. The molecule has 0 aliphatic carbocycles. The molecular formula is C29H40N4O3. The SMILES string of the molecule is Cc1c2ccc(c1N)N(N)CCCCCCCCCC(=O)N1CCc3ccc(cc3C1)C2CC(=O)O. The fraction of sp³-hybridized carbons (Fsp3) is 0.517. The van der Waals surface area contributed by atoms with Crippen molar-refractivity contribution in [1.29, 1.82) is 0 Å². The van der Waals surface area contributed by atoms with Crippen molar-refractivity contribution in [3.05, 3.63) is 58.1 Å². The van der Waals surface area contributed by atoms with Crippen LogP contribution < -0.4 is 16.6 Å². The molecule has 194 valence electrons. The van der Waals surface area contributed by atoms with E-state index in [1.54, 1.807) is 5.01 Å². The third-order valence-electron chi connectivity index (χ3n) is 7.88. The van der Waals surface area contributed by atoms with Gasteiger partial charge < -0.3 is 20.7 Å². The Labute approximate surface area is 214 Å². The number of carboxylic acid groups (broad SMARTS) is 1. The largest absolute Gasteiger partial charge is 0.481 e. The summed E-state index contributed by atoms with van der Waals surface area (Å²) in [7, 11) is 0. The molecule has 36 heavy (non-hydrogen) atoms. The van der Waals surface area contributed by atoms with Gasteiger partial charge in [0.2, 0.25) is 5.91 Å². The molecular weight excluding hydrogens is 452 g/mol. The maximum absolute atomic E-state index is 12.9. The summed E-state index contributed by atoms with van der Waals surface area (Å²) in [6.07, 6.45) is 9.01. The summed E-state index contributed by atoms with van der Waals surface area (Å²) in [6, 6.07) is 10.1. The van der Waals surface area contributed by atoms with Crippen molar-refractivity contribution in [2.75, 3.05) is 23.8 Å². The minimum Gasteiger partial charge on any atom is -0.481 e. The molecule has 0 saturated heterocycles. The van der Waals surface area contributed by atoms with Crippen LogP contribution in [0.4, 0.5) is 11.4 Å².